The maximum absolute atomic E-state index is 13.5. The molecule has 13 heteroatoms. The summed E-state index contributed by atoms with van der Waals surface area (Å²) in [7, 11) is 0. The van der Waals surface area contributed by atoms with Crippen molar-refractivity contribution in [1.29, 1.82) is 0 Å². The molecule has 1 saturated carbocycles. The highest BCUT2D eigenvalue weighted by Crippen LogP contribution is 2.51. The van der Waals surface area contributed by atoms with E-state index in [1.54, 1.807) is 54.5 Å². The topological polar surface area (TPSA) is 151 Å². The van der Waals surface area contributed by atoms with Gasteiger partial charge in [0.25, 0.3) is 0 Å². The predicted octanol–water partition coefficient (Wildman–Crippen LogP) is 3.08. The maximum atomic E-state index is 13.5. The van der Waals surface area contributed by atoms with Crippen LogP contribution in [-0.2, 0) is 9.59 Å². The molecule has 5 heterocycles. The van der Waals surface area contributed by atoms with Gasteiger partial charge in [-0.05, 0) is 50.5 Å². The molecule has 4 atom stereocenters. The monoisotopic (exact) mass is 558 g/mol. The zero-order valence-electron chi connectivity index (χ0n) is 21.5. The molecule has 40 heavy (non-hydrogen) atoms. The van der Waals surface area contributed by atoms with E-state index in [1.807, 2.05) is 0 Å². The van der Waals surface area contributed by atoms with Crippen molar-refractivity contribution >= 4 is 41.0 Å². The smallest absolute Gasteiger partial charge is 0.327 e. The van der Waals surface area contributed by atoms with E-state index < -0.39 is 11.3 Å². The molecule has 204 valence electrons. The highest BCUT2D eigenvalue weighted by atomic mass is 32.2. The van der Waals surface area contributed by atoms with Crippen LogP contribution in [-0.4, -0.2) is 55.3 Å². The fourth-order valence-corrected chi connectivity index (χ4v) is 6.59. The summed E-state index contributed by atoms with van der Waals surface area (Å²) < 4.78 is 5.68. The van der Waals surface area contributed by atoms with Crippen LogP contribution in [0.3, 0.4) is 0 Å². The first-order valence-electron chi connectivity index (χ1n) is 12.9. The second-order valence-electron chi connectivity index (χ2n) is 9.63. The number of hydrogen-bond donors (Lipinski definition) is 3. The lowest BCUT2D eigenvalue weighted by Gasteiger charge is -2.35. The summed E-state index contributed by atoms with van der Waals surface area (Å²) in [4.78, 5) is 49.4. The quantitative estimate of drug-likeness (QED) is 0.372. The van der Waals surface area contributed by atoms with Crippen molar-refractivity contribution in [2.24, 2.45) is 0 Å². The van der Waals surface area contributed by atoms with Crippen LogP contribution in [0.2, 0.25) is 0 Å². The molecule has 3 N–H and O–H groups in total. The molecule has 1 fully saturated rings. The van der Waals surface area contributed by atoms with Gasteiger partial charge >= 0.3 is 6.03 Å². The first-order valence-corrected chi connectivity index (χ1v) is 13.7. The molecule has 0 saturated heterocycles. The lowest BCUT2D eigenvalue weighted by Crippen LogP contribution is -2.53. The van der Waals surface area contributed by atoms with E-state index in [2.05, 4.69) is 42.7 Å². The Balaban J connectivity index is 1.23. The van der Waals surface area contributed by atoms with Crippen molar-refractivity contribution < 1.29 is 19.1 Å². The largest absolute Gasteiger partial charge is 0.419 e. The van der Waals surface area contributed by atoms with Crippen molar-refractivity contribution in [2.75, 3.05) is 4.90 Å². The van der Waals surface area contributed by atoms with Gasteiger partial charge in [0.1, 0.15) is 10.3 Å². The van der Waals surface area contributed by atoms with E-state index in [4.69, 9.17) is 4.74 Å². The van der Waals surface area contributed by atoms with Crippen LogP contribution in [0.5, 0.6) is 11.8 Å². The molecular formula is C27H26N8O4S. The second-order valence-corrected chi connectivity index (χ2v) is 10.8. The number of amides is 4. The number of pyridine rings is 2. The highest BCUT2D eigenvalue weighted by Gasteiger charge is 2.47. The van der Waals surface area contributed by atoms with Gasteiger partial charge in [0.15, 0.2) is 0 Å². The van der Waals surface area contributed by atoms with Gasteiger partial charge in [-0.1, -0.05) is 18.3 Å². The molecule has 3 aromatic rings. The van der Waals surface area contributed by atoms with Crippen LogP contribution < -0.4 is 25.6 Å². The van der Waals surface area contributed by atoms with Crippen molar-refractivity contribution in [1.82, 2.24) is 36.1 Å². The van der Waals surface area contributed by atoms with E-state index in [0.29, 0.717) is 33.9 Å². The fourth-order valence-electron chi connectivity index (χ4n) is 5.35. The Labute approximate surface area is 234 Å². The number of carbonyl (C=O) groups excluding carboxylic acids is 3. The first kappa shape index (κ1) is 25.7. The van der Waals surface area contributed by atoms with Gasteiger partial charge in [-0.25, -0.2) is 14.8 Å². The summed E-state index contributed by atoms with van der Waals surface area (Å²) in [6, 6.07) is 7.28. The zero-order chi connectivity index (χ0) is 27.8. The Bertz CT molecular complexity index is 1500. The number of urea groups is 1. The number of rotatable bonds is 7. The van der Waals surface area contributed by atoms with E-state index >= 15 is 0 Å². The number of ether oxygens (including phenoxy) is 1. The highest BCUT2D eigenvalue weighted by molar-refractivity contribution is 8.01. The van der Waals surface area contributed by atoms with E-state index in [1.165, 1.54) is 17.8 Å². The Kier molecular flexibility index (Phi) is 6.80. The number of anilines is 2. The number of nitrogens with one attached hydrogen (secondary N) is 3. The molecule has 2 aliphatic heterocycles. The molecule has 0 radical (unpaired) electrons. The van der Waals surface area contributed by atoms with Gasteiger partial charge in [0.2, 0.25) is 23.6 Å². The molecule has 12 nitrogen and oxygen atoms in total. The van der Waals surface area contributed by atoms with Crippen LogP contribution in [0.15, 0.2) is 60.4 Å². The first-order chi connectivity index (χ1) is 19.4. The summed E-state index contributed by atoms with van der Waals surface area (Å²) in [5.74, 6) is 0.154. The molecule has 0 bridgehead atoms. The molecule has 3 aliphatic rings. The summed E-state index contributed by atoms with van der Waals surface area (Å²) in [5, 5.41) is 16.8. The van der Waals surface area contributed by atoms with Crippen molar-refractivity contribution in [3.63, 3.8) is 0 Å². The number of hydrogen-bond acceptors (Lipinski definition) is 9. The molecule has 4 amide bonds. The van der Waals surface area contributed by atoms with Crippen molar-refractivity contribution in [2.45, 2.75) is 54.6 Å². The third-order valence-corrected chi connectivity index (χ3v) is 8.44. The van der Waals surface area contributed by atoms with Gasteiger partial charge in [-0.15, -0.1) is 5.10 Å². The van der Waals surface area contributed by atoms with Gasteiger partial charge in [-0.2, -0.15) is 5.10 Å². The Morgan fingerprint density at radius 3 is 2.70 bits per heavy atom. The van der Waals surface area contributed by atoms with E-state index in [0.717, 1.165) is 24.8 Å². The average molecular weight is 559 g/mol. The summed E-state index contributed by atoms with van der Waals surface area (Å²) in [6.07, 6.45) is 6.84. The number of aryl methyl sites for hydroxylation is 1. The van der Waals surface area contributed by atoms with Crippen LogP contribution in [0.4, 0.5) is 16.2 Å². The third-order valence-electron chi connectivity index (χ3n) is 7.15. The fraction of sp³-hybridized carbons (Fsp3) is 0.296. The molecule has 0 aromatic carbocycles. The predicted molar refractivity (Wildman–Crippen MR) is 146 cm³/mol. The number of thioether (sulfide) groups is 1. The van der Waals surface area contributed by atoms with Gasteiger partial charge in [0.05, 0.1) is 23.1 Å². The minimum atomic E-state index is -0.604. The van der Waals surface area contributed by atoms with Gasteiger partial charge < -0.3 is 20.7 Å². The molecular weight excluding hydrogens is 532 g/mol. The molecule has 0 spiro atoms. The van der Waals surface area contributed by atoms with Gasteiger partial charge in [-0.3, -0.25) is 14.5 Å². The molecule has 2 unspecified atom stereocenters. The SMILES string of the molecule is C=CC(=O)N[C@H]1CCC[C@H]1NC(=O)C1Sc2nccc3c2C1NC(=O)N3c1ccc(Oc2cccnn2)nc1C. The minimum absolute atomic E-state index is 0.162. The van der Waals surface area contributed by atoms with Crippen LogP contribution in [0, 0.1) is 6.92 Å². The number of aromatic nitrogens is 4. The standard InChI is InChI=1S/C27H26N8O4S/c1-3-19(36)31-15-6-4-7-16(15)32-25(37)24-23-22-18(11-13-28-26(22)40-24)35(27(38)33-23)17-9-10-20(30-14(17)2)39-21-8-5-12-29-34-21/h3,5,8-13,15-16,23-24H,1,4,6-7H2,2H3,(H,31,36)(H,32,37)(H,33,38)/t15-,16+,23?,24?/m0/s1. The van der Waals surface area contributed by atoms with E-state index in [9.17, 15) is 14.4 Å². The summed E-state index contributed by atoms with van der Waals surface area (Å²) in [5.41, 5.74) is 2.57. The van der Waals surface area contributed by atoms with Gasteiger partial charge in [0, 0.05) is 42.2 Å². The van der Waals surface area contributed by atoms with Crippen LogP contribution in [0.25, 0.3) is 0 Å². The normalized spacial score (nSPS) is 22.7. The van der Waals surface area contributed by atoms with Crippen molar-refractivity contribution in [3.8, 4) is 11.8 Å². The van der Waals surface area contributed by atoms with Crippen molar-refractivity contribution in [3.05, 3.63) is 66.6 Å². The summed E-state index contributed by atoms with van der Waals surface area (Å²) in [6.45, 7) is 5.29. The number of carbonyl (C=O) groups is 3. The maximum Gasteiger partial charge on any atom is 0.327 e. The Hall–Kier alpha value is -4.52. The zero-order valence-corrected chi connectivity index (χ0v) is 22.4. The minimum Gasteiger partial charge on any atom is -0.419 e. The molecule has 6 rings (SSSR count). The van der Waals surface area contributed by atoms with Crippen LogP contribution in [0.1, 0.15) is 36.6 Å². The lowest BCUT2D eigenvalue weighted by atomic mass is 9.99. The second kappa shape index (κ2) is 10.6. The Morgan fingerprint density at radius 1 is 1.12 bits per heavy atom. The summed E-state index contributed by atoms with van der Waals surface area (Å²) >= 11 is 1.32. The Morgan fingerprint density at radius 2 is 1.95 bits per heavy atom. The lowest BCUT2D eigenvalue weighted by molar-refractivity contribution is -0.122. The molecule has 1 aliphatic carbocycles. The average Bonchev–Trinajstić information content (AvgIpc) is 3.55. The van der Waals surface area contributed by atoms with E-state index in [-0.39, 0.29) is 29.9 Å². The molecule has 3 aromatic heterocycles. The third kappa shape index (κ3) is 4.72. The van der Waals surface area contributed by atoms with Crippen LogP contribution >= 0.6 is 11.8 Å². The number of nitrogens with zero attached hydrogens (tertiary/aromatic N) is 5.